The normalized spacial score (nSPS) is 9.91. The lowest BCUT2D eigenvalue weighted by Gasteiger charge is -2.07. The van der Waals surface area contributed by atoms with Crippen LogP contribution in [0.2, 0.25) is 0 Å². The van der Waals surface area contributed by atoms with Crippen molar-refractivity contribution in [2.24, 2.45) is 0 Å². The van der Waals surface area contributed by atoms with Gasteiger partial charge in [0.2, 0.25) is 11.9 Å². The van der Waals surface area contributed by atoms with Gasteiger partial charge in [-0.2, -0.15) is 10.2 Å². The highest BCUT2D eigenvalue weighted by atomic mass is 19.1. The fourth-order valence-electron chi connectivity index (χ4n) is 1.87. The highest BCUT2D eigenvalue weighted by molar-refractivity contribution is 5.58. The van der Waals surface area contributed by atoms with Gasteiger partial charge in [-0.25, -0.2) is 14.4 Å². The lowest BCUT2D eigenvalue weighted by Crippen LogP contribution is -2.02. The van der Waals surface area contributed by atoms with E-state index in [2.05, 4.69) is 31.7 Å². The first kappa shape index (κ1) is 14.4. The Morgan fingerprint density at radius 1 is 0.913 bits per heavy atom. The molecular weight excluding hydrogens is 295 g/mol. The molecule has 0 radical (unpaired) electrons. The van der Waals surface area contributed by atoms with E-state index >= 15 is 0 Å². The number of aromatic nitrogens is 3. The Bertz CT molecular complexity index is 857. The van der Waals surface area contributed by atoms with Crippen molar-refractivity contribution in [3.05, 3.63) is 66.2 Å². The van der Waals surface area contributed by atoms with Crippen molar-refractivity contribution in [1.82, 2.24) is 15.0 Å². The number of hydrogen-bond donors (Lipinski definition) is 2. The fraction of sp³-hybridized carbons (Fsp3) is 0. The molecule has 1 aromatic heterocycles. The zero-order valence-electron chi connectivity index (χ0n) is 11.9. The molecule has 2 N–H and O–H groups in total. The minimum atomic E-state index is -0.314. The number of rotatable bonds is 4. The van der Waals surface area contributed by atoms with E-state index in [4.69, 9.17) is 5.26 Å². The minimum Gasteiger partial charge on any atom is -0.324 e. The van der Waals surface area contributed by atoms with Gasteiger partial charge >= 0.3 is 0 Å². The van der Waals surface area contributed by atoms with E-state index in [0.717, 1.165) is 0 Å². The molecule has 0 aliphatic rings. The Morgan fingerprint density at radius 3 is 2.30 bits per heavy atom. The smallest absolute Gasteiger partial charge is 0.232 e. The van der Waals surface area contributed by atoms with Crippen LogP contribution >= 0.6 is 0 Å². The standard InChI is InChI=1S/C16H11FN6/c17-12-4-6-13(7-5-12)21-15-19-10-20-16(23-15)22-14-3-1-2-11(8-14)9-18/h1-8,10H,(H2,19,20,21,22,23). The Hall–Kier alpha value is -3.53. The second kappa shape index (κ2) is 6.49. The van der Waals surface area contributed by atoms with Crippen LogP contribution in [0.4, 0.5) is 27.7 Å². The summed E-state index contributed by atoms with van der Waals surface area (Å²) < 4.78 is 12.9. The van der Waals surface area contributed by atoms with Crippen molar-refractivity contribution in [3.8, 4) is 6.07 Å². The van der Waals surface area contributed by atoms with Crippen molar-refractivity contribution < 1.29 is 4.39 Å². The van der Waals surface area contributed by atoms with E-state index in [0.29, 0.717) is 28.8 Å². The lowest BCUT2D eigenvalue weighted by molar-refractivity contribution is 0.628. The minimum absolute atomic E-state index is 0.314. The van der Waals surface area contributed by atoms with Gasteiger partial charge in [0, 0.05) is 11.4 Å². The van der Waals surface area contributed by atoms with Gasteiger partial charge in [0.1, 0.15) is 12.1 Å². The van der Waals surface area contributed by atoms with Crippen LogP contribution in [0.5, 0.6) is 0 Å². The van der Waals surface area contributed by atoms with Gasteiger partial charge < -0.3 is 10.6 Å². The van der Waals surface area contributed by atoms with Crippen LogP contribution in [0, 0.1) is 17.1 Å². The van der Waals surface area contributed by atoms with Crippen molar-refractivity contribution in [1.29, 1.82) is 5.26 Å². The largest absolute Gasteiger partial charge is 0.324 e. The molecule has 0 aliphatic carbocycles. The van der Waals surface area contributed by atoms with Crippen LogP contribution in [-0.4, -0.2) is 15.0 Å². The number of nitrogens with zero attached hydrogens (tertiary/aromatic N) is 4. The monoisotopic (exact) mass is 306 g/mol. The van der Waals surface area contributed by atoms with Crippen molar-refractivity contribution in [2.75, 3.05) is 10.6 Å². The molecular formula is C16H11FN6. The molecule has 0 amide bonds. The molecule has 0 atom stereocenters. The first-order valence-electron chi connectivity index (χ1n) is 6.72. The van der Waals surface area contributed by atoms with Crippen molar-refractivity contribution in [3.63, 3.8) is 0 Å². The van der Waals surface area contributed by atoms with Gasteiger partial charge in [0.05, 0.1) is 11.6 Å². The van der Waals surface area contributed by atoms with E-state index in [-0.39, 0.29) is 5.82 Å². The third-order valence-corrected chi connectivity index (χ3v) is 2.92. The summed E-state index contributed by atoms with van der Waals surface area (Å²) in [6.45, 7) is 0. The highest BCUT2D eigenvalue weighted by Crippen LogP contribution is 2.17. The van der Waals surface area contributed by atoms with Crippen LogP contribution in [0.3, 0.4) is 0 Å². The Morgan fingerprint density at radius 2 is 1.61 bits per heavy atom. The summed E-state index contributed by atoms with van der Waals surface area (Å²) in [6, 6.07) is 14.9. The van der Waals surface area contributed by atoms with Gasteiger partial charge in [-0.3, -0.25) is 0 Å². The summed E-state index contributed by atoms with van der Waals surface area (Å²) in [5.41, 5.74) is 1.90. The Labute approximate surface area is 131 Å². The van der Waals surface area contributed by atoms with E-state index in [9.17, 15) is 4.39 Å². The second-order valence-electron chi connectivity index (χ2n) is 4.58. The van der Waals surface area contributed by atoms with Gasteiger partial charge in [-0.15, -0.1) is 0 Å². The topological polar surface area (TPSA) is 86.5 Å². The maximum atomic E-state index is 12.9. The first-order valence-corrected chi connectivity index (χ1v) is 6.72. The molecule has 112 valence electrons. The predicted octanol–water partition coefficient (Wildman–Crippen LogP) is 3.37. The van der Waals surface area contributed by atoms with E-state index in [1.54, 1.807) is 36.4 Å². The predicted molar refractivity (Wildman–Crippen MR) is 83.9 cm³/mol. The lowest BCUT2D eigenvalue weighted by atomic mass is 10.2. The average molecular weight is 306 g/mol. The number of hydrogen-bond acceptors (Lipinski definition) is 6. The zero-order valence-corrected chi connectivity index (χ0v) is 11.9. The van der Waals surface area contributed by atoms with Gasteiger partial charge in [-0.05, 0) is 42.5 Å². The maximum Gasteiger partial charge on any atom is 0.232 e. The maximum absolute atomic E-state index is 12.9. The molecule has 0 spiro atoms. The average Bonchev–Trinajstić information content (AvgIpc) is 2.57. The van der Waals surface area contributed by atoms with Gasteiger partial charge in [0.25, 0.3) is 0 Å². The van der Waals surface area contributed by atoms with Crippen LogP contribution in [0.1, 0.15) is 5.56 Å². The molecule has 3 rings (SSSR count). The summed E-state index contributed by atoms with van der Waals surface area (Å²) >= 11 is 0. The van der Waals surface area contributed by atoms with Gasteiger partial charge in [-0.1, -0.05) is 6.07 Å². The fourth-order valence-corrected chi connectivity index (χ4v) is 1.87. The van der Waals surface area contributed by atoms with Crippen molar-refractivity contribution in [2.45, 2.75) is 0 Å². The Kier molecular flexibility index (Phi) is 4.07. The molecule has 0 saturated heterocycles. The highest BCUT2D eigenvalue weighted by Gasteiger charge is 2.03. The number of anilines is 4. The molecule has 0 aliphatic heterocycles. The molecule has 0 unspecified atom stereocenters. The number of nitrogens with one attached hydrogen (secondary N) is 2. The van der Waals surface area contributed by atoms with Crippen LogP contribution < -0.4 is 10.6 Å². The van der Waals surface area contributed by atoms with E-state index in [1.807, 2.05) is 0 Å². The molecule has 7 heteroatoms. The second-order valence-corrected chi connectivity index (χ2v) is 4.58. The molecule has 3 aromatic rings. The quantitative estimate of drug-likeness (QED) is 0.768. The summed E-state index contributed by atoms with van der Waals surface area (Å²) in [4.78, 5) is 12.3. The van der Waals surface area contributed by atoms with Crippen molar-refractivity contribution >= 4 is 23.3 Å². The number of nitriles is 1. The summed E-state index contributed by atoms with van der Waals surface area (Å²) in [7, 11) is 0. The summed E-state index contributed by atoms with van der Waals surface area (Å²) in [6.07, 6.45) is 1.36. The SMILES string of the molecule is N#Cc1cccc(Nc2ncnc(Nc3ccc(F)cc3)n2)c1. The van der Waals surface area contributed by atoms with Crippen LogP contribution in [-0.2, 0) is 0 Å². The van der Waals surface area contributed by atoms with E-state index in [1.165, 1.54) is 18.5 Å². The molecule has 0 saturated carbocycles. The number of halogens is 1. The number of benzene rings is 2. The molecule has 0 bridgehead atoms. The third kappa shape index (κ3) is 3.77. The van der Waals surface area contributed by atoms with Crippen LogP contribution in [0.25, 0.3) is 0 Å². The van der Waals surface area contributed by atoms with E-state index < -0.39 is 0 Å². The molecule has 1 heterocycles. The van der Waals surface area contributed by atoms with Crippen LogP contribution in [0.15, 0.2) is 54.9 Å². The molecule has 0 fully saturated rings. The summed E-state index contributed by atoms with van der Waals surface area (Å²) in [5, 5.41) is 14.9. The molecule has 6 nitrogen and oxygen atoms in total. The molecule has 23 heavy (non-hydrogen) atoms. The first-order chi connectivity index (χ1) is 11.2. The molecule has 2 aromatic carbocycles. The zero-order chi connectivity index (χ0) is 16.1. The van der Waals surface area contributed by atoms with Gasteiger partial charge in [0.15, 0.2) is 0 Å². The third-order valence-electron chi connectivity index (χ3n) is 2.92. The Balaban J connectivity index is 1.77. The summed E-state index contributed by atoms with van der Waals surface area (Å²) in [5.74, 6) is 0.344.